The second kappa shape index (κ2) is 8.08. The molecule has 0 aromatic carbocycles. The van der Waals surface area contributed by atoms with E-state index in [4.69, 9.17) is 5.11 Å². The Labute approximate surface area is 126 Å². The van der Waals surface area contributed by atoms with Crippen LogP contribution in [0.5, 0.6) is 0 Å². The van der Waals surface area contributed by atoms with Crippen LogP contribution in [0.15, 0.2) is 40.2 Å². The molecule has 2 rings (SSSR count). The van der Waals surface area contributed by atoms with Gasteiger partial charge in [0.25, 0.3) is 5.56 Å². The van der Waals surface area contributed by atoms with Gasteiger partial charge in [0, 0.05) is 31.6 Å². The fourth-order valence-electron chi connectivity index (χ4n) is 1.92. The lowest BCUT2D eigenvalue weighted by molar-refractivity contribution is 0.284. The number of aryl methyl sites for hydroxylation is 1. The van der Waals surface area contributed by atoms with E-state index in [0.29, 0.717) is 13.1 Å². The lowest BCUT2D eigenvalue weighted by Gasteiger charge is -1.99. The van der Waals surface area contributed by atoms with Gasteiger partial charge in [-0.3, -0.25) is 14.3 Å². The molecule has 8 heteroatoms. The minimum absolute atomic E-state index is 0.195. The van der Waals surface area contributed by atoms with Crippen molar-refractivity contribution in [3.63, 3.8) is 0 Å². The largest absolute Gasteiger partial charge is 0.396 e. The molecular weight excluding hydrogens is 286 g/mol. The average molecular weight is 305 g/mol. The molecule has 0 saturated carbocycles. The van der Waals surface area contributed by atoms with Crippen LogP contribution in [-0.4, -0.2) is 36.3 Å². The minimum Gasteiger partial charge on any atom is -0.396 e. The smallest absolute Gasteiger partial charge is 0.328 e. The van der Waals surface area contributed by atoms with Crippen molar-refractivity contribution >= 4 is 0 Å². The molecule has 0 fully saturated rings. The number of nitrogens with zero attached hydrogens (tertiary/aromatic N) is 4. The molecule has 118 valence electrons. The third-order valence-corrected chi connectivity index (χ3v) is 3.09. The van der Waals surface area contributed by atoms with E-state index < -0.39 is 11.2 Å². The first-order valence-electron chi connectivity index (χ1n) is 7.13. The maximum absolute atomic E-state index is 11.5. The van der Waals surface area contributed by atoms with Crippen LogP contribution in [0.4, 0.5) is 0 Å². The van der Waals surface area contributed by atoms with E-state index in [1.807, 2.05) is 18.3 Å². The summed E-state index contributed by atoms with van der Waals surface area (Å²) < 4.78 is 3.11. The Morgan fingerprint density at radius 1 is 1.23 bits per heavy atom. The zero-order chi connectivity index (χ0) is 15.8. The van der Waals surface area contributed by atoms with Crippen molar-refractivity contribution in [3.05, 3.63) is 57.1 Å². The van der Waals surface area contributed by atoms with Crippen LogP contribution in [-0.2, 0) is 19.5 Å². The molecule has 0 spiro atoms. The van der Waals surface area contributed by atoms with Crippen molar-refractivity contribution in [2.75, 3.05) is 6.61 Å². The van der Waals surface area contributed by atoms with Crippen LogP contribution in [0.2, 0.25) is 0 Å². The highest BCUT2D eigenvalue weighted by atomic mass is 16.3. The second-order valence-electron chi connectivity index (χ2n) is 4.85. The predicted octanol–water partition coefficient (Wildman–Crippen LogP) is -0.300. The molecule has 8 nitrogen and oxygen atoms in total. The van der Waals surface area contributed by atoms with E-state index in [-0.39, 0.29) is 6.61 Å². The fourth-order valence-corrected chi connectivity index (χ4v) is 1.92. The third-order valence-electron chi connectivity index (χ3n) is 3.09. The Balaban J connectivity index is 1.82. The molecule has 0 radical (unpaired) electrons. The first kappa shape index (κ1) is 15.9. The molecule has 0 aliphatic rings. The summed E-state index contributed by atoms with van der Waals surface area (Å²) in [5.74, 6) is 0. The third kappa shape index (κ3) is 4.81. The summed E-state index contributed by atoms with van der Waals surface area (Å²) in [6.07, 6.45) is 9.49. The number of aromatic nitrogens is 5. The van der Waals surface area contributed by atoms with Gasteiger partial charge in [0.2, 0.25) is 0 Å². The lowest BCUT2D eigenvalue weighted by Crippen LogP contribution is -2.28. The number of hydrogen-bond donors (Lipinski definition) is 2. The van der Waals surface area contributed by atoms with Crippen LogP contribution < -0.4 is 11.2 Å². The maximum Gasteiger partial charge on any atom is 0.328 e. The van der Waals surface area contributed by atoms with E-state index in [0.717, 1.165) is 25.0 Å². The number of aliphatic hydroxyl groups is 1. The molecule has 2 aromatic heterocycles. The average Bonchev–Trinajstić information content (AvgIpc) is 2.93. The molecular formula is C14H19N5O3. The normalized spacial score (nSPS) is 11.3. The number of unbranched alkanes of at least 4 members (excludes halogenated alkanes) is 1. The Bertz CT molecular complexity index is 728. The van der Waals surface area contributed by atoms with Crippen molar-refractivity contribution in [3.8, 4) is 0 Å². The van der Waals surface area contributed by atoms with Crippen LogP contribution in [0.25, 0.3) is 0 Å². The van der Waals surface area contributed by atoms with Crippen LogP contribution in [0.1, 0.15) is 18.5 Å². The van der Waals surface area contributed by atoms with Crippen molar-refractivity contribution in [1.29, 1.82) is 0 Å². The van der Waals surface area contributed by atoms with E-state index in [1.165, 1.54) is 16.8 Å². The number of H-pyrrole nitrogens is 1. The van der Waals surface area contributed by atoms with Gasteiger partial charge in [-0.25, -0.2) is 9.48 Å². The van der Waals surface area contributed by atoms with Crippen molar-refractivity contribution in [2.24, 2.45) is 0 Å². The van der Waals surface area contributed by atoms with E-state index in [1.54, 1.807) is 4.68 Å². The number of allylic oxidation sites excluding steroid dienone is 2. The van der Waals surface area contributed by atoms with Crippen LogP contribution in [0.3, 0.4) is 0 Å². The van der Waals surface area contributed by atoms with Gasteiger partial charge in [-0.2, -0.15) is 0 Å². The first-order chi connectivity index (χ1) is 10.7. The van der Waals surface area contributed by atoms with E-state index in [9.17, 15) is 9.59 Å². The van der Waals surface area contributed by atoms with Crippen molar-refractivity contribution in [2.45, 2.75) is 32.4 Å². The standard InChI is InChI=1S/C14H19N5O3/c20-10-4-1-5-12-11-19(17-16-12)8-3-2-7-18-9-6-13(21)15-14(18)22/h2-3,6,9,11,20H,1,4-5,7-8,10H2,(H,15,21,22)/b3-2-. The zero-order valence-corrected chi connectivity index (χ0v) is 12.2. The Kier molecular flexibility index (Phi) is 5.84. The highest BCUT2D eigenvalue weighted by Gasteiger charge is 1.99. The van der Waals surface area contributed by atoms with Gasteiger partial charge in [0.1, 0.15) is 0 Å². The summed E-state index contributed by atoms with van der Waals surface area (Å²) in [7, 11) is 0. The van der Waals surface area contributed by atoms with Crippen molar-refractivity contribution in [1.82, 2.24) is 24.5 Å². The minimum atomic E-state index is -0.427. The maximum atomic E-state index is 11.5. The summed E-state index contributed by atoms with van der Waals surface area (Å²) in [4.78, 5) is 24.6. The lowest BCUT2D eigenvalue weighted by atomic mass is 10.2. The van der Waals surface area contributed by atoms with Gasteiger partial charge in [0.05, 0.1) is 12.2 Å². The first-order valence-corrected chi connectivity index (χ1v) is 7.13. The van der Waals surface area contributed by atoms with Gasteiger partial charge >= 0.3 is 5.69 Å². The molecule has 2 aromatic rings. The van der Waals surface area contributed by atoms with Gasteiger partial charge in [-0.05, 0) is 19.3 Å². The second-order valence-corrected chi connectivity index (χ2v) is 4.85. The number of nitrogens with one attached hydrogen (secondary N) is 1. The molecule has 0 saturated heterocycles. The molecule has 0 aliphatic carbocycles. The predicted molar refractivity (Wildman–Crippen MR) is 80.5 cm³/mol. The van der Waals surface area contributed by atoms with Crippen LogP contribution >= 0.6 is 0 Å². The molecule has 0 unspecified atom stereocenters. The SMILES string of the molecule is O=c1ccn(C/C=C\Cn2cc(CCCCO)nn2)c(=O)[nH]1. The van der Waals surface area contributed by atoms with Crippen LogP contribution in [0, 0.1) is 0 Å². The van der Waals surface area contributed by atoms with E-state index >= 15 is 0 Å². The van der Waals surface area contributed by atoms with E-state index in [2.05, 4.69) is 15.3 Å². The summed E-state index contributed by atoms with van der Waals surface area (Å²) in [5.41, 5.74) is 0.0735. The topological polar surface area (TPSA) is 106 Å². The number of hydrogen-bond acceptors (Lipinski definition) is 5. The van der Waals surface area contributed by atoms with Gasteiger partial charge < -0.3 is 5.11 Å². The molecule has 22 heavy (non-hydrogen) atoms. The molecule has 0 aliphatic heterocycles. The summed E-state index contributed by atoms with van der Waals surface area (Å²) in [5, 5.41) is 16.8. The van der Waals surface area contributed by atoms with Gasteiger partial charge in [-0.1, -0.05) is 17.4 Å². The summed E-state index contributed by atoms with van der Waals surface area (Å²) in [6.45, 7) is 1.14. The van der Waals surface area contributed by atoms with Gasteiger partial charge in [-0.15, -0.1) is 5.10 Å². The van der Waals surface area contributed by atoms with Gasteiger partial charge in [0.15, 0.2) is 0 Å². The molecule has 0 atom stereocenters. The Morgan fingerprint density at radius 2 is 2.05 bits per heavy atom. The Morgan fingerprint density at radius 3 is 2.82 bits per heavy atom. The van der Waals surface area contributed by atoms with Crippen molar-refractivity contribution < 1.29 is 5.11 Å². The zero-order valence-electron chi connectivity index (χ0n) is 12.2. The highest BCUT2D eigenvalue weighted by molar-refractivity contribution is 4.94. The fraction of sp³-hybridized carbons (Fsp3) is 0.429. The quantitative estimate of drug-likeness (QED) is 0.514. The molecule has 0 bridgehead atoms. The number of rotatable bonds is 8. The highest BCUT2D eigenvalue weighted by Crippen LogP contribution is 2.00. The Hall–Kier alpha value is -2.48. The number of aromatic amines is 1. The summed E-state index contributed by atoms with van der Waals surface area (Å²) >= 11 is 0. The molecule has 2 N–H and O–H groups in total. The number of aliphatic hydroxyl groups excluding tert-OH is 1. The monoisotopic (exact) mass is 305 g/mol. The molecule has 0 amide bonds. The molecule has 2 heterocycles. The summed E-state index contributed by atoms with van der Waals surface area (Å²) in [6, 6.07) is 1.31.